The number of rotatable bonds is 23. The number of carbonyl (C=O) groups is 1. The summed E-state index contributed by atoms with van der Waals surface area (Å²) in [5.41, 5.74) is 11.9. The second-order valence-corrected chi connectivity index (χ2v) is 21.2. The van der Waals surface area contributed by atoms with E-state index in [9.17, 15) is 14.9 Å². The van der Waals surface area contributed by atoms with Crippen LogP contribution in [0.3, 0.4) is 0 Å². The summed E-state index contributed by atoms with van der Waals surface area (Å²) in [5, 5.41) is 15.1. The van der Waals surface area contributed by atoms with E-state index in [1.54, 1.807) is 7.11 Å². The van der Waals surface area contributed by atoms with Crippen LogP contribution in [0.2, 0.25) is 16.6 Å². The van der Waals surface area contributed by atoms with Crippen molar-refractivity contribution in [1.29, 1.82) is 0 Å². The molecule has 0 spiro atoms. The molecule has 298 valence electrons. The molecule has 12 nitrogen and oxygen atoms in total. The van der Waals surface area contributed by atoms with Crippen LogP contribution < -0.4 is 0 Å². The summed E-state index contributed by atoms with van der Waals surface area (Å²) in [6, 6.07) is 15.4. The Kier molecular flexibility index (Phi) is 17.4. The number of hydrogen-bond donors (Lipinski definition) is 0. The van der Waals surface area contributed by atoms with Crippen molar-refractivity contribution >= 4 is 20.0 Å². The van der Waals surface area contributed by atoms with Crippen LogP contribution in [-0.2, 0) is 30.0 Å². The smallest absolute Gasteiger partial charge is 0.338 e. The standard InChI is InChI=1S/C41H62N4O8Si/c1-28(2)54(29(3)4,30(5)6)53-37(18-14-15-31(7)26-50-27-34-16-12-11-13-17-34)39-38(51-40(46)35-19-21-36(22-20-35)45(47)48)24-41(49-10,52-39)33(9)23-32(8)25-43-44-42/h11-13,16-17,19-22,28-30,32-33,37-39H,7,14-15,18,23-27H2,1-6,8-10H3/t32-,33+,37-,38-,39-,41?/m1/s1. The molecule has 0 N–H and O–H groups in total. The number of nitrogens with zero attached hydrogens (tertiary/aromatic N) is 4. The average molecular weight is 767 g/mol. The number of carbonyl (C=O) groups excluding carboxylic acids is 1. The molecule has 2 aromatic rings. The highest BCUT2D eigenvalue weighted by Crippen LogP contribution is 2.48. The minimum Gasteiger partial charge on any atom is -0.456 e. The largest absolute Gasteiger partial charge is 0.456 e. The maximum atomic E-state index is 13.7. The number of nitro benzene ring substituents is 1. The minimum absolute atomic E-state index is 0.0525. The van der Waals surface area contributed by atoms with Gasteiger partial charge in [-0.05, 0) is 71.5 Å². The van der Waals surface area contributed by atoms with Crippen molar-refractivity contribution in [2.75, 3.05) is 20.3 Å². The molecule has 1 heterocycles. The van der Waals surface area contributed by atoms with Gasteiger partial charge in [-0.3, -0.25) is 10.1 Å². The van der Waals surface area contributed by atoms with E-state index in [-0.39, 0.29) is 46.1 Å². The van der Waals surface area contributed by atoms with Crippen LogP contribution in [0.4, 0.5) is 5.69 Å². The quantitative estimate of drug-likeness (QED) is 0.0158. The lowest BCUT2D eigenvalue weighted by Crippen LogP contribution is -2.54. The number of benzene rings is 2. The van der Waals surface area contributed by atoms with Crippen molar-refractivity contribution in [3.8, 4) is 0 Å². The van der Waals surface area contributed by atoms with Gasteiger partial charge < -0.3 is 23.4 Å². The Labute approximate surface area is 322 Å². The van der Waals surface area contributed by atoms with Gasteiger partial charge in [-0.2, -0.15) is 0 Å². The Morgan fingerprint density at radius 3 is 2.24 bits per heavy atom. The fourth-order valence-corrected chi connectivity index (χ4v) is 13.8. The Hall–Kier alpha value is -3.58. The summed E-state index contributed by atoms with van der Waals surface area (Å²) < 4.78 is 33.1. The van der Waals surface area contributed by atoms with E-state index in [1.165, 1.54) is 24.3 Å². The van der Waals surface area contributed by atoms with Crippen molar-refractivity contribution in [3.63, 3.8) is 0 Å². The number of ether oxygens (including phenoxy) is 4. The van der Waals surface area contributed by atoms with E-state index in [0.717, 1.165) is 24.0 Å². The Morgan fingerprint density at radius 1 is 1.06 bits per heavy atom. The predicted molar refractivity (Wildman–Crippen MR) is 213 cm³/mol. The molecule has 54 heavy (non-hydrogen) atoms. The molecule has 1 fully saturated rings. The van der Waals surface area contributed by atoms with Crippen LogP contribution in [0.15, 0.2) is 71.9 Å². The molecular formula is C41H62N4O8Si. The van der Waals surface area contributed by atoms with Crippen LogP contribution in [0, 0.1) is 22.0 Å². The van der Waals surface area contributed by atoms with E-state index in [4.69, 9.17) is 28.9 Å². The van der Waals surface area contributed by atoms with Gasteiger partial charge in [0.05, 0.1) is 29.8 Å². The number of nitro groups is 1. The fourth-order valence-electron chi connectivity index (χ4n) is 8.26. The lowest BCUT2D eigenvalue weighted by Gasteiger charge is -2.46. The van der Waals surface area contributed by atoms with Gasteiger partial charge >= 0.3 is 5.97 Å². The third-order valence-electron chi connectivity index (χ3n) is 10.9. The molecule has 2 aromatic carbocycles. The van der Waals surface area contributed by atoms with Crippen molar-refractivity contribution in [3.05, 3.63) is 98.4 Å². The lowest BCUT2D eigenvalue weighted by molar-refractivity contribution is -0.384. The molecule has 0 aromatic heterocycles. The predicted octanol–water partition coefficient (Wildman–Crippen LogP) is 10.7. The van der Waals surface area contributed by atoms with Gasteiger partial charge in [0.1, 0.15) is 12.2 Å². The van der Waals surface area contributed by atoms with Crippen LogP contribution >= 0.6 is 0 Å². The van der Waals surface area contributed by atoms with Gasteiger partial charge in [0.2, 0.25) is 8.32 Å². The van der Waals surface area contributed by atoms with Crippen LogP contribution in [0.5, 0.6) is 0 Å². The molecule has 1 saturated heterocycles. The third kappa shape index (κ3) is 11.7. The van der Waals surface area contributed by atoms with Crippen molar-refractivity contribution in [2.45, 2.75) is 135 Å². The first-order chi connectivity index (χ1) is 25.6. The fraction of sp³-hybridized carbons (Fsp3) is 0.634. The van der Waals surface area contributed by atoms with Crippen molar-refractivity contribution in [2.24, 2.45) is 17.0 Å². The number of esters is 1. The summed E-state index contributed by atoms with van der Waals surface area (Å²) in [7, 11) is -0.880. The molecule has 3 rings (SSSR count). The topological polar surface area (TPSA) is 155 Å². The first-order valence-corrected chi connectivity index (χ1v) is 21.4. The average Bonchev–Trinajstić information content (AvgIpc) is 3.51. The number of hydrogen-bond acceptors (Lipinski definition) is 9. The Morgan fingerprint density at radius 2 is 1.69 bits per heavy atom. The lowest BCUT2D eigenvalue weighted by atomic mass is 9.87. The molecule has 0 saturated carbocycles. The zero-order valence-corrected chi connectivity index (χ0v) is 34.7. The Bertz CT molecular complexity index is 1530. The molecule has 0 aliphatic carbocycles. The zero-order valence-electron chi connectivity index (χ0n) is 33.7. The normalized spacial score (nSPS) is 20.4. The molecule has 0 bridgehead atoms. The molecule has 0 amide bonds. The second-order valence-electron chi connectivity index (χ2n) is 15.8. The third-order valence-corrected chi connectivity index (χ3v) is 17.1. The van der Waals surface area contributed by atoms with E-state index >= 15 is 0 Å². The zero-order chi connectivity index (χ0) is 40.1. The molecular weight excluding hydrogens is 705 g/mol. The number of azide groups is 1. The highest BCUT2D eigenvalue weighted by Gasteiger charge is 2.56. The van der Waals surface area contributed by atoms with E-state index < -0.39 is 43.3 Å². The van der Waals surface area contributed by atoms with Crippen LogP contribution in [0.1, 0.15) is 103 Å². The number of non-ortho nitro benzene ring substituents is 1. The van der Waals surface area contributed by atoms with Crippen molar-refractivity contribution < 1.29 is 33.1 Å². The van der Waals surface area contributed by atoms with E-state index in [1.807, 2.05) is 44.2 Å². The van der Waals surface area contributed by atoms with Gasteiger partial charge in [-0.25, -0.2) is 4.79 Å². The highest BCUT2D eigenvalue weighted by atomic mass is 28.4. The molecule has 13 heteroatoms. The summed E-state index contributed by atoms with van der Waals surface area (Å²) in [5.74, 6) is -1.84. The summed E-state index contributed by atoms with van der Waals surface area (Å²) in [4.78, 5) is 27.5. The maximum absolute atomic E-state index is 13.7. The molecule has 1 aliphatic heterocycles. The SMILES string of the molecule is C=C(CCC[C@@H](O[Si](C(C)C)(C(C)C)C(C)C)[C@H]1OC(OC)([C@@H](C)C[C@@H](C)CN=[N+]=[N-])C[C@H]1OC(=O)c1ccc([N+](=O)[O-])cc1)COCc1ccccc1. The van der Waals surface area contributed by atoms with E-state index in [0.29, 0.717) is 32.6 Å². The monoisotopic (exact) mass is 766 g/mol. The summed E-state index contributed by atoms with van der Waals surface area (Å²) in [6.45, 7) is 23.1. The second kappa shape index (κ2) is 20.9. The molecule has 1 aliphatic rings. The summed E-state index contributed by atoms with van der Waals surface area (Å²) in [6.07, 6.45) is 1.12. The van der Waals surface area contributed by atoms with Gasteiger partial charge in [0.25, 0.3) is 5.69 Å². The van der Waals surface area contributed by atoms with Crippen LogP contribution in [0.25, 0.3) is 10.4 Å². The molecule has 1 unspecified atom stereocenters. The first-order valence-electron chi connectivity index (χ1n) is 19.2. The number of methoxy groups -OCH3 is 1. The molecule has 0 radical (unpaired) electrons. The first kappa shape index (κ1) is 44.8. The van der Waals surface area contributed by atoms with Crippen molar-refractivity contribution in [1.82, 2.24) is 0 Å². The van der Waals surface area contributed by atoms with Gasteiger partial charge in [-0.1, -0.05) is 103 Å². The van der Waals surface area contributed by atoms with Gasteiger partial charge in [0, 0.05) is 43.0 Å². The maximum Gasteiger partial charge on any atom is 0.338 e. The Balaban J connectivity index is 1.98. The van der Waals surface area contributed by atoms with Gasteiger partial charge in [0.15, 0.2) is 5.79 Å². The summed E-state index contributed by atoms with van der Waals surface area (Å²) >= 11 is 0. The highest BCUT2D eigenvalue weighted by molar-refractivity contribution is 6.77. The van der Waals surface area contributed by atoms with E-state index in [2.05, 4.69) is 58.1 Å². The van der Waals surface area contributed by atoms with Crippen LogP contribution in [-0.4, -0.2) is 63.6 Å². The molecule has 6 atom stereocenters. The van der Waals surface area contributed by atoms with Gasteiger partial charge in [-0.15, -0.1) is 0 Å². The minimum atomic E-state index is -2.49.